The van der Waals surface area contributed by atoms with Gasteiger partial charge in [0.2, 0.25) is 0 Å². The molecule has 1 N–H and O–H groups in total. The molecule has 1 saturated heterocycles. The van der Waals surface area contributed by atoms with Gasteiger partial charge in [0.15, 0.2) is 0 Å². The van der Waals surface area contributed by atoms with Gasteiger partial charge < -0.3 is 5.11 Å². The Kier molecular flexibility index (Phi) is 2.86. The second kappa shape index (κ2) is 3.47. The number of aliphatic hydroxyl groups is 1. The van der Waals surface area contributed by atoms with Crippen LogP contribution >= 0.6 is 11.8 Å². The minimum Gasteiger partial charge on any atom is -0.392 e. The van der Waals surface area contributed by atoms with Crippen LogP contribution in [0.4, 0.5) is 0 Å². The molecule has 54 valence electrons. The molecule has 0 saturated carbocycles. The molecule has 0 aromatic rings. The van der Waals surface area contributed by atoms with Gasteiger partial charge in [-0.1, -0.05) is 13.3 Å². The van der Waals surface area contributed by atoms with E-state index in [1.54, 1.807) is 0 Å². The second-order valence-electron chi connectivity index (χ2n) is 2.65. The lowest BCUT2D eigenvalue weighted by atomic mass is 10.0. The standard InChI is InChI=1S/C7H14OS/c1-2-3-6-4-9-5-7(6)8/h6-8H,2-5H2,1H3. The first-order valence-corrected chi connectivity index (χ1v) is 4.76. The van der Waals surface area contributed by atoms with Crippen molar-refractivity contribution < 1.29 is 5.11 Å². The molecule has 2 unspecified atom stereocenters. The van der Waals surface area contributed by atoms with Gasteiger partial charge in [0.1, 0.15) is 0 Å². The third-order valence-corrected chi connectivity index (χ3v) is 3.07. The van der Waals surface area contributed by atoms with E-state index < -0.39 is 0 Å². The molecular formula is C7H14OS. The highest BCUT2D eigenvalue weighted by Gasteiger charge is 2.24. The van der Waals surface area contributed by atoms with Crippen LogP contribution in [0.5, 0.6) is 0 Å². The van der Waals surface area contributed by atoms with Crippen molar-refractivity contribution in [1.82, 2.24) is 0 Å². The average Bonchev–Trinajstić information content (AvgIpc) is 2.18. The van der Waals surface area contributed by atoms with Gasteiger partial charge in [-0.15, -0.1) is 0 Å². The monoisotopic (exact) mass is 146 g/mol. The maximum Gasteiger partial charge on any atom is 0.0666 e. The Balaban J connectivity index is 2.22. The van der Waals surface area contributed by atoms with Crippen LogP contribution in [0.15, 0.2) is 0 Å². The Hall–Kier alpha value is 0.310. The lowest BCUT2D eigenvalue weighted by Gasteiger charge is -2.10. The van der Waals surface area contributed by atoms with Crippen LogP contribution in [0.3, 0.4) is 0 Å². The first-order chi connectivity index (χ1) is 4.34. The van der Waals surface area contributed by atoms with Crippen molar-refractivity contribution in [2.45, 2.75) is 25.9 Å². The van der Waals surface area contributed by atoms with Gasteiger partial charge in [-0.2, -0.15) is 11.8 Å². The van der Waals surface area contributed by atoms with Gasteiger partial charge >= 0.3 is 0 Å². The molecule has 1 nitrogen and oxygen atoms in total. The van der Waals surface area contributed by atoms with Crippen LogP contribution in [0.1, 0.15) is 19.8 Å². The summed E-state index contributed by atoms with van der Waals surface area (Å²) >= 11 is 1.88. The van der Waals surface area contributed by atoms with Crippen molar-refractivity contribution in [2.75, 3.05) is 11.5 Å². The zero-order valence-corrected chi connectivity index (χ0v) is 6.66. The van der Waals surface area contributed by atoms with E-state index in [0.717, 1.165) is 5.75 Å². The molecule has 0 bridgehead atoms. The zero-order chi connectivity index (χ0) is 6.69. The first kappa shape index (κ1) is 7.42. The molecule has 0 aromatic carbocycles. The van der Waals surface area contributed by atoms with Crippen LogP contribution < -0.4 is 0 Å². The summed E-state index contributed by atoms with van der Waals surface area (Å²) < 4.78 is 0. The highest BCUT2D eigenvalue weighted by molar-refractivity contribution is 7.99. The highest BCUT2D eigenvalue weighted by Crippen LogP contribution is 2.27. The third kappa shape index (κ3) is 1.87. The van der Waals surface area contributed by atoms with Crippen molar-refractivity contribution in [2.24, 2.45) is 5.92 Å². The fraction of sp³-hybridized carbons (Fsp3) is 1.00. The predicted molar refractivity (Wildman–Crippen MR) is 41.7 cm³/mol. The van der Waals surface area contributed by atoms with Gasteiger partial charge in [0.25, 0.3) is 0 Å². The van der Waals surface area contributed by atoms with E-state index >= 15 is 0 Å². The maximum atomic E-state index is 9.30. The molecule has 2 heteroatoms. The minimum atomic E-state index is -0.00468. The van der Waals surface area contributed by atoms with Crippen molar-refractivity contribution in [3.05, 3.63) is 0 Å². The van der Waals surface area contributed by atoms with Crippen molar-refractivity contribution in [3.63, 3.8) is 0 Å². The Morgan fingerprint density at radius 1 is 1.56 bits per heavy atom. The van der Waals surface area contributed by atoms with E-state index in [0.29, 0.717) is 5.92 Å². The summed E-state index contributed by atoms with van der Waals surface area (Å²) in [6.45, 7) is 2.18. The summed E-state index contributed by atoms with van der Waals surface area (Å²) in [5.41, 5.74) is 0. The van der Waals surface area contributed by atoms with Crippen molar-refractivity contribution in [3.8, 4) is 0 Å². The Morgan fingerprint density at radius 2 is 2.33 bits per heavy atom. The van der Waals surface area contributed by atoms with E-state index in [-0.39, 0.29) is 6.10 Å². The summed E-state index contributed by atoms with van der Waals surface area (Å²) in [6, 6.07) is 0. The lowest BCUT2D eigenvalue weighted by molar-refractivity contribution is 0.144. The molecule has 2 atom stereocenters. The lowest BCUT2D eigenvalue weighted by Crippen LogP contribution is -2.16. The van der Waals surface area contributed by atoms with Crippen LogP contribution in [-0.2, 0) is 0 Å². The molecule has 1 heterocycles. The molecule has 9 heavy (non-hydrogen) atoms. The summed E-state index contributed by atoms with van der Waals surface area (Å²) in [5, 5.41) is 9.30. The second-order valence-corrected chi connectivity index (χ2v) is 3.73. The van der Waals surface area contributed by atoms with Crippen molar-refractivity contribution >= 4 is 11.8 Å². The zero-order valence-electron chi connectivity index (χ0n) is 5.84. The number of thioether (sulfide) groups is 1. The Labute approximate surface area is 60.8 Å². The molecule has 1 rings (SSSR count). The molecular weight excluding hydrogens is 132 g/mol. The minimum absolute atomic E-state index is 0.00468. The summed E-state index contributed by atoms with van der Waals surface area (Å²) in [7, 11) is 0. The van der Waals surface area contributed by atoms with E-state index in [9.17, 15) is 5.11 Å². The fourth-order valence-corrected chi connectivity index (χ4v) is 2.58. The maximum absolute atomic E-state index is 9.30. The van der Waals surface area contributed by atoms with Gasteiger partial charge in [-0.05, 0) is 18.1 Å². The smallest absolute Gasteiger partial charge is 0.0666 e. The molecule has 0 aromatic heterocycles. The van der Waals surface area contributed by atoms with Gasteiger partial charge in [0.05, 0.1) is 6.10 Å². The summed E-state index contributed by atoms with van der Waals surface area (Å²) in [4.78, 5) is 0. The van der Waals surface area contributed by atoms with E-state index in [2.05, 4.69) is 6.92 Å². The van der Waals surface area contributed by atoms with Crippen LogP contribution in [-0.4, -0.2) is 22.7 Å². The fourth-order valence-electron chi connectivity index (χ4n) is 1.23. The van der Waals surface area contributed by atoms with Crippen molar-refractivity contribution in [1.29, 1.82) is 0 Å². The summed E-state index contributed by atoms with van der Waals surface area (Å²) in [6.07, 6.45) is 2.41. The van der Waals surface area contributed by atoms with Gasteiger partial charge in [0, 0.05) is 5.75 Å². The van der Waals surface area contributed by atoms with Gasteiger partial charge in [-0.3, -0.25) is 0 Å². The number of aliphatic hydroxyl groups excluding tert-OH is 1. The molecule has 0 amide bonds. The van der Waals surface area contributed by atoms with Crippen LogP contribution in [0.2, 0.25) is 0 Å². The quantitative estimate of drug-likeness (QED) is 0.637. The largest absolute Gasteiger partial charge is 0.392 e. The third-order valence-electron chi connectivity index (χ3n) is 1.82. The van der Waals surface area contributed by atoms with Gasteiger partial charge in [-0.25, -0.2) is 0 Å². The Bertz CT molecular complexity index is 85.0. The van der Waals surface area contributed by atoms with E-state index in [1.807, 2.05) is 11.8 Å². The van der Waals surface area contributed by atoms with Crippen LogP contribution in [0, 0.1) is 5.92 Å². The first-order valence-electron chi connectivity index (χ1n) is 3.60. The SMILES string of the molecule is CCCC1CSCC1O. The van der Waals surface area contributed by atoms with E-state index in [1.165, 1.54) is 18.6 Å². The molecule has 0 aliphatic carbocycles. The number of hydrogen-bond acceptors (Lipinski definition) is 2. The molecule has 0 spiro atoms. The molecule has 0 radical (unpaired) electrons. The normalized spacial score (nSPS) is 35.3. The topological polar surface area (TPSA) is 20.2 Å². The molecule has 1 aliphatic heterocycles. The van der Waals surface area contributed by atoms with Crippen LogP contribution in [0.25, 0.3) is 0 Å². The molecule has 1 fully saturated rings. The van der Waals surface area contributed by atoms with E-state index in [4.69, 9.17) is 0 Å². The molecule has 1 aliphatic rings. The average molecular weight is 146 g/mol. The summed E-state index contributed by atoms with van der Waals surface area (Å²) in [5.74, 6) is 2.74. The predicted octanol–water partition coefficient (Wildman–Crippen LogP) is 1.51. The number of rotatable bonds is 2. The number of hydrogen-bond donors (Lipinski definition) is 1. The Morgan fingerprint density at radius 3 is 2.78 bits per heavy atom. The highest BCUT2D eigenvalue weighted by atomic mass is 32.2.